The molecule has 4 rings (SSSR count). The number of amides is 1. The van der Waals surface area contributed by atoms with Crippen LogP contribution in [0.3, 0.4) is 0 Å². The Hall–Kier alpha value is -1.92. The predicted molar refractivity (Wildman–Crippen MR) is 82.7 cm³/mol. The zero-order valence-corrected chi connectivity index (χ0v) is 12.9. The minimum atomic E-state index is -0.154. The smallest absolute Gasteiger partial charge is 0.228 e. The highest BCUT2D eigenvalue weighted by Gasteiger charge is 2.33. The van der Waals surface area contributed by atoms with Gasteiger partial charge in [0, 0.05) is 24.4 Å². The lowest BCUT2D eigenvalue weighted by molar-refractivity contribution is -0.138. The molecule has 1 aromatic heterocycles. The summed E-state index contributed by atoms with van der Waals surface area (Å²) < 4.78 is 16.5. The van der Waals surface area contributed by atoms with E-state index in [1.807, 2.05) is 29.2 Å². The monoisotopic (exact) mass is 316 g/mol. The molecular formula is C17H20N2O4. The van der Waals surface area contributed by atoms with Gasteiger partial charge in [-0.3, -0.25) is 4.79 Å². The molecule has 1 atom stereocenters. The third-order valence-electron chi connectivity index (χ3n) is 4.61. The van der Waals surface area contributed by atoms with Gasteiger partial charge in [-0.15, -0.1) is 0 Å². The Kier molecular flexibility index (Phi) is 4.01. The molecule has 3 heterocycles. The second-order valence-electron chi connectivity index (χ2n) is 6.15. The Morgan fingerprint density at radius 2 is 2.09 bits per heavy atom. The second kappa shape index (κ2) is 6.29. The number of carbonyl (C=O) groups excluding carboxylic acids is 1. The fourth-order valence-corrected chi connectivity index (χ4v) is 3.43. The maximum atomic E-state index is 12.6. The van der Waals surface area contributed by atoms with E-state index in [1.165, 1.54) is 0 Å². The van der Waals surface area contributed by atoms with E-state index in [0.29, 0.717) is 25.5 Å². The summed E-state index contributed by atoms with van der Waals surface area (Å²) in [5, 5.41) is 4.97. The number of hydrogen-bond donors (Lipinski definition) is 0. The summed E-state index contributed by atoms with van der Waals surface area (Å²) in [6.07, 6.45) is 2.15. The molecule has 122 valence electrons. The molecule has 23 heavy (non-hydrogen) atoms. The van der Waals surface area contributed by atoms with Crippen molar-refractivity contribution in [2.24, 2.45) is 5.92 Å². The van der Waals surface area contributed by atoms with Crippen LogP contribution in [0.4, 0.5) is 0 Å². The van der Waals surface area contributed by atoms with E-state index < -0.39 is 0 Å². The van der Waals surface area contributed by atoms with E-state index in [-0.39, 0.29) is 24.5 Å². The standard InChI is InChI=1S/C17H20N2O4/c20-16(10-14-13-5-1-2-6-15(13)23-18-14)19-7-3-4-12(11-19)17-21-8-9-22-17/h1-2,5-6,12,17H,3-4,7-11H2. The number of hydrogen-bond acceptors (Lipinski definition) is 5. The molecule has 1 aromatic carbocycles. The van der Waals surface area contributed by atoms with Gasteiger partial charge in [-0.2, -0.15) is 0 Å². The zero-order chi connectivity index (χ0) is 15.6. The van der Waals surface area contributed by atoms with Gasteiger partial charge in [0.2, 0.25) is 5.91 Å². The first kappa shape index (κ1) is 14.7. The van der Waals surface area contributed by atoms with Crippen molar-refractivity contribution < 1.29 is 18.8 Å². The van der Waals surface area contributed by atoms with Crippen LogP contribution >= 0.6 is 0 Å². The van der Waals surface area contributed by atoms with Crippen LogP contribution in [0.5, 0.6) is 0 Å². The highest BCUT2D eigenvalue weighted by atomic mass is 16.7. The summed E-state index contributed by atoms with van der Waals surface area (Å²) in [5.74, 6) is 0.357. The van der Waals surface area contributed by atoms with Crippen LogP contribution in [-0.2, 0) is 20.7 Å². The molecule has 0 spiro atoms. The highest BCUT2D eigenvalue weighted by Crippen LogP contribution is 2.26. The lowest BCUT2D eigenvalue weighted by atomic mass is 9.97. The summed E-state index contributed by atoms with van der Waals surface area (Å²) in [7, 11) is 0. The van der Waals surface area contributed by atoms with Gasteiger partial charge in [0.1, 0.15) is 5.69 Å². The Bertz CT molecular complexity index is 693. The van der Waals surface area contributed by atoms with E-state index in [0.717, 1.165) is 30.4 Å². The van der Waals surface area contributed by atoms with Crippen LogP contribution in [0.15, 0.2) is 28.8 Å². The SMILES string of the molecule is O=C(Cc1noc2ccccc12)N1CCCC(C2OCCO2)C1. The number of rotatable bonds is 3. The van der Waals surface area contributed by atoms with Crippen molar-refractivity contribution in [3.63, 3.8) is 0 Å². The first-order chi connectivity index (χ1) is 11.3. The quantitative estimate of drug-likeness (QED) is 0.866. The fraction of sp³-hybridized carbons (Fsp3) is 0.529. The van der Waals surface area contributed by atoms with Crippen molar-refractivity contribution in [2.45, 2.75) is 25.6 Å². The largest absolute Gasteiger partial charge is 0.356 e. The van der Waals surface area contributed by atoms with Crippen LogP contribution < -0.4 is 0 Å². The minimum absolute atomic E-state index is 0.0896. The van der Waals surface area contributed by atoms with Gasteiger partial charge >= 0.3 is 0 Å². The van der Waals surface area contributed by atoms with Gasteiger partial charge in [-0.1, -0.05) is 17.3 Å². The molecule has 6 heteroatoms. The summed E-state index contributed by atoms with van der Waals surface area (Å²) in [6, 6.07) is 7.63. The number of likely N-dealkylation sites (tertiary alicyclic amines) is 1. The van der Waals surface area contributed by atoms with E-state index >= 15 is 0 Å². The number of aromatic nitrogens is 1. The molecule has 0 bridgehead atoms. The molecule has 2 saturated heterocycles. The Morgan fingerprint density at radius 3 is 2.96 bits per heavy atom. The first-order valence-corrected chi connectivity index (χ1v) is 8.15. The molecular weight excluding hydrogens is 296 g/mol. The average Bonchev–Trinajstić information content (AvgIpc) is 3.25. The number of nitrogens with zero attached hydrogens (tertiary/aromatic N) is 2. The maximum absolute atomic E-state index is 12.6. The normalized spacial score (nSPS) is 22.8. The van der Waals surface area contributed by atoms with Crippen molar-refractivity contribution in [3.05, 3.63) is 30.0 Å². The molecule has 2 aliphatic rings. The fourth-order valence-electron chi connectivity index (χ4n) is 3.43. The van der Waals surface area contributed by atoms with Gasteiger partial charge in [0.25, 0.3) is 0 Å². The Balaban J connectivity index is 1.44. The molecule has 0 N–H and O–H groups in total. The van der Waals surface area contributed by atoms with Crippen LogP contribution in [-0.4, -0.2) is 48.6 Å². The lowest BCUT2D eigenvalue weighted by Crippen LogP contribution is -2.44. The van der Waals surface area contributed by atoms with E-state index in [1.54, 1.807) is 0 Å². The van der Waals surface area contributed by atoms with Crippen LogP contribution in [0.2, 0.25) is 0 Å². The molecule has 2 aliphatic heterocycles. The van der Waals surface area contributed by atoms with E-state index in [2.05, 4.69) is 5.16 Å². The molecule has 0 aliphatic carbocycles. The number of fused-ring (bicyclic) bond motifs is 1. The second-order valence-corrected chi connectivity index (χ2v) is 6.15. The number of carbonyl (C=O) groups is 1. The summed E-state index contributed by atoms with van der Waals surface area (Å²) >= 11 is 0. The maximum Gasteiger partial charge on any atom is 0.228 e. The average molecular weight is 316 g/mol. The van der Waals surface area contributed by atoms with Crippen molar-refractivity contribution >= 4 is 16.9 Å². The predicted octanol–water partition coefficient (Wildman–Crippen LogP) is 1.98. The van der Waals surface area contributed by atoms with Crippen LogP contribution in [0.25, 0.3) is 11.0 Å². The van der Waals surface area contributed by atoms with Crippen LogP contribution in [0, 0.1) is 5.92 Å². The third-order valence-corrected chi connectivity index (χ3v) is 4.61. The van der Waals surface area contributed by atoms with Gasteiger partial charge in [-0.05, 0) is 25.0 Å². The molecule has 2 aromatic rings. The van der Waals surface area contributed by atoms with Gasteiger partial charge in [0.15, 0.2) is 11.9 Å². The van der Waals surface area contributed by atoms with Crippen LogP contribution in [0.1, 0.15) is 18.5 Å². The van der Waals surface area contributed by atoms with E-state index in [4.69, 9.17) is 14.0 Å². The molecule has 1 unspecified atom stereocenters. The van der Waals surface area contributed by atoms with Crippen molar-refractivity contribution in [3.8, 4) is 0 Å². The van der Waals surface area contributed by atoms with Crippen molar-refractivity contribution in [2.75, 3.05) is 26.3 Å². The zero-order valence-electron chi connectivity index (χ0n) is 12.9. The molecule has 6 nitrogen and oxygen atoms in total. The lowest BCUT2D eigenvalue weighted by Gasteiger charge is -2.34. The number of para-hydroxylation sites is 1. The van der Waals surface area contributed by atoms with Gasteiger partial charge in [0.05, 0.1) is 19.6 Å². The molecule has 0 radical (unpaired) electrons. The summed E-state index contributed by atoms with van der Waals surface area (Å²) in [5.41, 5.74) is 1.43. The molecule has 1 amide bonds. The topological polar surface area (TPSA) is 64.8 Å². The van der Waals surface area contributed by atoms with Gasteiger partial charge < -0.3 is 18.9 Å². The number of piperidine rings is 1. The third kappa shape index (κ3) is 2.96. The molecule has 2 fully saturated rings. The number of ether oxygens (including phenoxy) is 2. The van der Waals surface area contributed by atoms with Crippen molar-refractivity contribution in [1.29, 1.82) is 0 Å². The van der Waals surface area contributed by atoms with E-state index in [9.17, 15) is 4.79 Å². The minimum Gasteiger partial charge on any atom is -0.356 e. The highest BCUT2D eigenvalue weighted by molar-refractivity contribution is 5.86. The van der Waals surface area contributed by atoms with Gasteiger partial charge in [-0.25, -0.2) is 0 Å². The summed E-state index contributed by atoms with van der Waals surface area (Å²) in [4.78, 5) is 14.5. The summed E-state index contributed by atoms with van der Waals surface area (Å²) in [6.45, 7) is 2.79. The Labute approximate surface area is 134 Å². The van der Waals surface area contributed by atoms with Crippen molar-refractivity contribution in [1.82, 2.24) is 10.1 Å². The number of benzene rings is 1. The first-order valence-electron chi connectivity index (χ1n) is 8.15. The molecule has 0 saturated carbocycles. The Morgan fingerprint density at radius 1 is 1.26 bits per heavy atom.